The molecule has 3 aromatic heterocycles. The molecule has 0 fully saturated rings. The van der Waals surface area contributed by atoms with Crippen LogP contribution in [0.5, 0.6) is 0 Å². The first kappa shape index (κ1) is 12.0. The fourth-order valence-corrected chi connectivity index (χ4v) is 1.78. The summed E-state index contributed by atoms with van der Waals surface area (Å²) in [6.45, 7) is 1.93. The molecule has 0 bridgehead atoms. The molecule has 0 amide bonds. The van der Waals surface area contributed by atoms with E-state index in [2.05, 4.69) is 20.1 Å². The first-order chi connectivity index (χ1) is 9.78. The second-order valence-corrected chi connectivity index (χ2v) is 4.13. The SMILES string of the molecule is Cc1cccnc1-c1noc(-c2ccnc(C#N)c2)n1. The van der Waals surface area contributed by atoms with E-state index >= 15 is 0 Å². The maximum absolute atomic E-state index is 8.84. The quantitative estimate of drug-likeness (QED) is 0.705. The fourth-order valence-electron chi connectivity index (χ4n) is 1.78. The molecule has 0 saturated carbocycles. The Kier molecular flexibility index (Phi) is 2.94. The lowest BCUT2D eigenvalue weighted by molar-refractivity contribution is 0.432. The highest BCUT2D eigenvalue weighted by molar-refractivity contribution is 5.59. The highest BCUT2D eigenvalue weighted by atomic mass is 16.5. The number of nitriles is 1. The van der Waals surface area contributed by atoms with Gasteiger partial charge < -0.3 is 4.52 Å². The molecule has 3 aromatic rings. The summed E-state index contributed by atoms with van der Waals surface area (Å²) in [7, 11) is 0. The molecule has 0 radical (unpaired) electrons. The number of aromatic nitrogens is 4. The number of hydrogen-bond acceptors (Lipinski definition) is 6. The van der Waals surface area contributed by atoms with Gasteiger partial charge in [-0.1, -0.05) is 11.2 Å². The van der Waals surface area contributed by atoms with E-state index in [0.29, 0.717) is 28.7 Å². The van der Waals surface area contributed by atoms with Crippen LogP contribution in [0.3, 0.4) is 0 Å². The van der Waals surface area contributed by atoms with Gasteiger partial charge in [-0.3, -0.25) is 4.98 Å². The van der Waals surface area contributed by atoms with Crippen molar-refractivity contribution in [2.45, 2.75) is 6.92 Å². The first-order valence-electron chi connectivity index (χ1n) is 5.90. The molecule has 0 N–H and O–H groups in total. The molecule has 20 heavy (non-hydrogen) atoms. The third-order valence-electron chi connectivity index (χ3n) is 2.77. The Balaban J connectivity index is 2.02. The monoisotopic (exact) mass is 263 g/mol. The minimum absolute atomic E-state index is 0.302. The van der Waals surface area contributed by atoms with Crippen LogP contribution in [0.1, 0.15) is 11.3 Å². The summed E-state index contributed by atoms with van der Waals surface area (Å²) < 4.78 is 5.22. The van der Waals surface area contributed by atoms with E-state index in [4.69, 9.17) is 9.78 Å². The number of rotatable bonds is 2. The summed E-state index contributed by atoms with van der Waals surface area (Å²) in [5, 5.41) is 12.8. The Morgan fingerprint density at radius 2 is 2.10 bits per heavy atom. The number of aryl methyl sites for hydroxylation is 1. The van der Waals surface area contributed by atoms with Crippen LogP contribution in [-0.2, 0) is 0 Å². The van der Waals surface area contributed by atoms with Gasteiger partial charge in [-0.05, 0) is 30.7 Å². The van der Waals surface area contributed by atoms with Crippen LogP contribution >= 0.6 is 0 Å². The van der Waals surface area contributed by atoms with Gasteiger partial charge in [-0.15, -0.1) is 0 Å². The number of pyridine rings is 2. The zero-order chi connectivity index (χ0) is 13.9. The molecule has 6 heteroatoms. The van der Waals surface area contributed by atoms with Gasteiger partial charge in [0.1, 0.15) is 17.5 Å². The number of nitrogens with zero attached hydrogens (tertiary/aromatic N) is 5. The molecular weight excluding hydrogens is 254 g/mol. The Morgan fingerprint density at radius 3 is 2.90 bits per heavy atom. The average molecular weight is 263 g/mol. The number of hydrogen-bond donors (Lipinski definition) is 0. The molecule has 0 aromatic carbocycles. The van der Waals surface area contributed by atoms with Gasteiger partial charge in [-0.2, -0.15) is 10.2 Å². The molecule has 0 atom stereocenters. The molecule has 96 valence electrons. The molecule has 3 heterocycles. The normalized spacial score (nSPS) is 10.2. The first-order valence-corrected chi connectivity index (χ1v) is 5.90. The van der Waals surface area contributed by atoms with Crippen LogP contribution in [0.25, 0.3) is 23.0 Å². The standard InChI is InChI=1S/C14H9N5O/c1-9-3-2-5-17-12(9)13-18-14(20-19-13)10-4-6-16-11(7-10)8-15/h2-7H,1H3. The maximum Gasteiger partial charge on any atom is 0.258 e. The van der Waals surface area contributed by atoms with Gasteiger partial charge in [0.2, 0.25) is 5.82 Å². The average Bonchev–Trinajstić information content (AvgIpc) is 2.97. The van der Waals surface area contributed by atoms with Crippen LogP contribution in [0.2, 0.25) is 0 Å². The van der Waals surface area contributed by atoms with Crippen molar-refractivity contribution in [1.82, 2.24) is 20.1 Å². The molecule has 6 nitrogen and oxygen atoms in total. The lowest BCUT2D eigenvalue weighted by Gasteiger charge is -1.97. The predicted molar refractivity (Wildman–Crippen MR) is 70.2 cm³/mol. The second kappa shape index (κ2) is 4.90. The third-order valence-corrected chi connectivity index (χ3v) is 2.77. The van der Waals surface area contributed by atoms with E-state index in [1.807, 2.05) is 25.1 Å². The molecule has 3 rings (SSSR count). The van der Waals surface area contributed by atoms with Crippen molar-refractivity contribution in [3.05, 3.63) is 47.9 Å². The Morgan fingerprint density at radius 1 is 1.20 bits per heavy atom. The van der Waals surface area contributed by atoms with Gasteiger partial charge in [0, 0.05) is 18.0 Å². The third kappa shape index (κ3) is 2.12. The van der Waals surface area contributed by atoms with Crippen molar-refractivity contribution in [3.8, 4) is 29.0 Å². The van der Waals surface area contributed by atoms with Crippen molar-refractivity contribution in [3.63, 3.8) is 0 Å². The second-order valence-electron chi connectivity index (χ2n) is 4.13. The zero-order valence-electron chi connectivity index (χ0n) is 10.6. The van der Waals surface area contributed by atoms with Crippen molar-refractivity contribution in [2.24, 2.45) is 0 Å². The zero-order valence-corrected chi connectivity index (χ0v) is 10.6. The van der Waals surface area contributed by atoms with E-state index in [0.717, 1.165) is 5.56 Å². The maximum atomic E-state index is 8.84. The summed E-state index contributed by atoms with van der Waals surface area (Å²) in [5.41, 5.74) is 2.60. The Hall–Kier alpha value is -3.07. The van der Waals surface area contributed by atoms with Crippen molar-refractivity contribution in [1.29, 1.82) is 5.26 Å². The molecule has 0 aliphatic carbocycles. The lowest BCUT2D eigenvalue weighted by atomic mass is 10.2. The van der Waals surface area contributed by atoms with E-state index < -0.39 is 0 Å². The smallest absolute Gasteiger partial charge is 0.258 e. The van der Waals surface area contributed by atoms with Crippen LogP contribution < -0.4 is 0 Å². The summed E-state index contributed by atoms with van der Waals surface area (Å²) in [6.07, 6.45) is 3.21. The van der Waals surface area contributed by atoms with Gasteiger partial charge in [0.25, 0.3) is 5.89 Å². The summed E-state index contributed by atoms with van der Waals surface area (Å²) >= 11 is 0. The molecule has 0 aliphatic heterocycles. The van der Waals surface area contributed by atoms with Crippen LogP contribution in [0.15, 0.2) is 41.2 Å². The summed E-state index contributed by atoms with van der Waals surface area (Å²) in [5.74, 6) is 0.761. The lowest BCUT2D eigenvalue weighted by Crippen LogP contribution is -1.89. The van der Waals surface area contributed by atoms with Crippen molar-refractivity contribution < 1.29 is 4.52 Å². The van der Waals surface area contributed by atoms with Gasteiger partial charge in [0.05, 0.1) is 0 Å². The minimum Gasteiger partial charge on any atom is -0.334 e. The fraction of sp³-hybridized carbons (Fsp3) is 0.0714. The van der Waals surface area contributed by atoms with E-state index in [-0.39, 0.29) is 0 Å². The Bertz CT molecular complexity index is 803. The van der Waals surface area contributed by atoms with E-state index in [9.17, 15) is 0 Å². The van der Waals surface area contributed by atoms with Gasteiger partial charge >= 0.3 is 0 Å². The summed E-state index contributed by atoms with van der Waals surface area (Å²) in [4.78, 5) is 12.4. The van der Waals surface area contributed by atoms with Crippen LogP contribution in [0.4, 0.5) is 0 Å². The van der Waals surface area contributed by atoms with Crippen LogP contribution in [0, 0.1) is 18.3 Å². The molecular formula is C14H9N5O. The topological polar surface area (TPSA) is 88.5 Å². The van der Waals surface area contributed by atoms with E-state index in [1.165, 1.54) is 6.20 Å². The summed E-state index contributed by atoms with van der Waals surface area (Å²) in [6, 6.07) is 9.06. The van der Waals surface area contributed by atoms with Crippen LogP contribution in [-0.4, -0.2) is 20.1 Å². The molecule has 0 spiro atoms. The predicted octanol–water partition coefficient (Wildman–Crippen LogP) is 2.37. The largest absolute Gasteiger partial charge is 0.334 e. The molecule has 0 aliphatic rings. The highest BCUT2D eigenvalue weighted by Gasteiger charge is 2.13. The van der Waals surface area contributed by atoms with Crippen molar-refractivity contribution >= 4 is 0 Å². The minimum atomic E-state index is 0.302. The van der Waals surface area contributed by atoms with E-state index in [1.54, 1.807) is 18.3 Å². The van der Waals surface area contributed by atoms with Crippen molar-refractivity contribution in [2.75, 3.05) is 0 Å². The highest BCUT2D eigenvalue weighted by Crippen LogP contribution is 2.22. The Labute approximate surface area is 114 Å². The molecule has 0 saturated heterocycles. The molecule has 0 unspecified atom stereocenters. The van der Waals surface area contributed by atoms with Gasteiger partial charge in [-0.25, -0.2) is 4.98 Å². The van der Waals surface area contributed by atoms with Gasteiger partial charge in [0.15, 0.2) is 0 Å².